The van der Waals surface area contributed by atoms with Crippen molar-refractivity contribution in [3.63, 3.8) is 0 Å². The molecular formula is C18H16ClNO5. The van der Waals surface area contributed by atoms with E-state index in [-0.39, 0.29) is 5.56 Å². The maximum atomic E-state index is 12.1. The molecule has 2 heterocycles. The van der Waals surface area contributed by atoms with Gasteiger partial charge >= 0.3 is 5.97 Å². The molecule has 1 aromatic heterocycles. The topological polar surface area (TPSA) is 77.8 Å². The Bertz CT molecular complexity index is 916. The van der Waals surface area contributed by atoms with Crippen molar-refractivity contribution in [2.45, 2.75) is 19.4 Å². The highest BCUT2D eigenvalue weighted by Gasteiger charge is 2.24. The van der Waals surface area contributed by atoms with Crippen molar-refractivity contribution < 1.29 is 19.4 Å². The third kappa shape index (κ3) is 3.09. The molecule has 2 aromatic rings. The number of aromatic nitrogens is 1. The monoisotopic (exact) mass is 361 g/mol. The SMILES string of the molecule is O=C(O)c1cn2c(cc1=O)-c1cc(Cl)c(OCC3CC3)cc1OCC2. The molecule has 130 valence electrons. The molecule has 0 atom stereocenters. The summed E-state index contributed by atoms with van der Waals surface area (Å²) >= 11 is 6.34. The number of aromatic carboxylic acids is 1. The van der Waals surface area contributed by atoms with Gasteiger partial charge in [0.05, 0.1) is 23.9 Å². The molecule has 1 N–H and O–H groups in total. The number of rotatable bonds is 4. The van der Waals surface area contributed by atoms with E-state index in [0.29, 0.717) is 53.5 Å². The zero-order chi connectivity index (χ0) is 17.6. The molecule has 0 saturated heterocycles. The Kier molecular flexibility index (Phi) is 3.92. The highest BCUT2D eigenvalue weighted by atomic mass is 35.5. The number of ether oxygens (including phenoxy) is 2. The Labute approximate surface area is 148 Å². The normalized spacial score (nSPS) is 15.6. The number of carboxylic acid groups (broad SMARTS) is 1. The van der Waals surface area contributed by atoms with Gasteiger partial charge < -0.3 is 19.1 Å². The number of benzene rings is 1. The molecule has 1 aliphatic carbocycles. The van der Waals surface area contributed by atoms with Gasteiger partial charge in [0.1, 0.15) is 23.7 Å². The number of hydrogen-bond acceptors (Lipinski definition) is 4. The fraction of sp³-hybridized carbons (Fsp3) is 0.333. The molecule has 1 fully saturated rings. The minimum atomic E-state index is -1.24. The average Bonchev–Trinajstić information content (AvgIpc) is 3.40. The molecule has 6 nitrogen and oxygen atoms in total. The van der Waals surface area contributed by atoms with Crippen LogP contribution in [0.15, 0.2) is 29.2 Å². The van der Waals surface area contributed by atoms with Gasteiger partial charge in [-0.15, -0.1) is 0 Å². The first-order valence-corrected chi connectivity index (χ1v) is 8.48. The van der Waals surface area contributed by atoms with Gasteiger partial charge in [0, 0.05) is 23.9 Å². The van der Waals surface area contributed by atoms with Gasteiger partial charge in [-0.1, -0.05) is 11.6 Å². The molecule has 0 bridgehead atoms. The maximum Gasteiger partial charge on any atom is 0.341 e. The second-order valence-corrected chi connectivity index (χ2v) is 6.72. The van der Waals surface area contributed by atoms with E-state index < -0.39 is 11.4 Å². The summed E-state index contributed by atoms with van der Waals surface area (Å²) < 4.78 is 13.3. The van der Waals surface area contributed by atoms with Gasteiger partial charge in [-0.3, -0.25) is 4.79 Å². The second-order valence-electron chi connectivity index (χ2n) is 6.32. The molecule has 0 unspecified atom stereocenters. The van der Waals surface area contributed by atoms with Crippen LogP contribution < -0.4 is 14.9 Å². The van der Waals surface area contributed by atoms with Gasteiger partial charge in [0.25, 0.3) is 0 Å². The van der Waals surface area contributed by atoms with Gasteiger partial charge in [0.15, 0.2) is 5.43 Å². The van der Waals surface area contributed by atoms with Crippen molar-refractivity contribution in [1.29, 1.82) is 0 Å². The Morgan fingerprint density at radius 3 is 2.88 bits per heavy atom. The van der Waals surface area contributed by atoms with E-state index in [0.717, 1.165) is 0 Å². The first-order chi connectivity index (χ1) is 12.0. The van der Waals surface area contributed by atoms with E-state index >= 15 is 0 Å². The fourth-order valence-corrected chi connectivity index (χ4v) is 3.08. The lowest BCUT2D eigenvalue weighted by Crippen LogP contribution is -2.19. The minimum absolute atomic E-state index is 0.261. The molecular weight excluding hydrogens is 346 g/mol. The van der Waals surface area contributed by atoms with Crippen LogP contribution in [0, 0.1) is 5.92 Å². The van der Waals surface area contributed by atoms with E-state index in [9.17, 15) is 9.59 Å². The molecule has 1 saturated carbocycles. The lowest BCUT2D eigenvalue weighted by molar-refractivity contribution is 0.0694. The summed E-state index contributed by atoms with van der Waals surface area (Å²) in [4.78, 5) is 23.3. The van der Waals surface area contributed by atoms with Crippen molar-refractivity contribution in [2.75, 3.05) is 13.2 Å². The molecule has 0 spiro atoms. The van der Waals surface area contributed by atoms with Gasteiger partial charge in [-0.05, 0) is 24.8 Å². The van der Waals surface area contributed by atoms with Crippen molar-refractivity contribution >= 4 is 17.6 Å². The van der Waals surface area contributed by atoms with Gasteiger partial charge in [-0.25, -0.2) is 4.79 Å². The Morgan fingerprint density at radius 1 is 1.36 bits per heavy atom. The standard InChI is InChI=1S/C18H16ClNO5/c19-13-5-11-14-6-15(21)12(18(22)23)8-20(14)3-4-24-16(11)7-17(13)25-9-10-1-2-10/h5-8,10H,1-4,9H2,(H,22,23). The number of nitrogens with zero attached hydrogens (tertiary/aromatic N) is 1. The lowest BCUT2D eigenvalue weighted by Gasteiger charge is -2.14. The van der Waals surface area contributed by atoms with Crippen LogP contribution in [0.3, 0.4) is 0 Å². The lowest BCUT2D eigenvalue weighted by atomic mass is 10.1. The zero-order valence-electron chi connectivity index (χ0n) is 13.3. The predicted octanol–water partition coefficient (Wildman–Crippen LogP) is 3.05. The van der Waals surface area contributed by atoms with Crippen LogP contribution in [0.1, 0.15) is 23.2 Å². The van der Waals surface area contributed by atoms with Crippen LogP contribution in [-0.2, 0) is 6.54 Å². The molecule has 2 aliphatic rings. The van der Waals surface area contributed by atoms with Crippen LogP contribution in [0.25, 0.3) is 11.3 Å². The third-order valence-corrected chi connectivity index (χ3v) is 4.72. The molecule has 4 rings (SSSR count). The smallest absolute Gasteiger partial charge is 0.341 e. The summed E-state index contributed by atoms with van der Waals surface area (Å²) in [7, 11) is 0. The second kappa shape index (κ2) is 6.11. The molecule has 7 heteroatoms. The highest BCUT2D eigenvalue weighted by molar-refractivity contribution is 6.32. The van der Waals surface area contributed by atoms with Crippen LogP contribution in [0.5, 0.6) is 11.5 Å². The number of halogens is 1. The summed E-state index contributed by atoms with van der Waals surface area (Å²) in [6.45, 7) is 1.42. The van der Waals surface area contributed by atoms with Crippen LogP contribution in [-0.4, -0.2) is 28.9 Å². The number of carbonyl (C=O) groups is 1. The van der Waals surface area contributed by atoms with E-state index in [2.05, 4.69) is 0 Å². The number of fused-ring (bicyclic) bond motifs is 3. The zero-order valence-corrected chi connectivity index (χ0v) is 14.1. The Hall–Kier alpha value is -2.47. The quantitative estimate of drug-likeness (QED) is 0.905. The maximum absolute atomic E-state index is 12.1. The first kappa shape index (κ1) is 16.0. The molecule has 0 radical (unpaired) electrons. The van der Waals surface area contributed by atoms with E-state index in [1.54, 1.807) is 16.7 Å². The number of pyridine rings is 1. The third-order valence-electron chi connectivity index (χ3n) is 4.43. The predicted molar refractivity (Wildman–Crippen MR) is 91.8 cm³/mol. The molecule has 0 amide bonds. The average molecular weight is 362 g/mol. The summed E-state index contributed by atoms with van der Waals surface area (Å²) in [5.41, 5.74) is 0.424. The number of hydrogen-bond donors (Lipinski definition) is 1. The van der Waals surface area contributed by atoms with Crippen molar-refractivity contribution in [3.05, 3.63) is 45.2 Å². The van der Waals surface area contributed by atoms with Crippen molar-refractivity contribution in [1.82, 2.24) is 4.57 Å². The van der Waals surface area contributed by atoms with Gasteiger partial charge in [0.2, 0.25) is 0 Å². The largest absolute Gasteiger partial charge is 0.492 e. The minimum Gasteiger partial charge on any atom is -0.492 e. The molecule has 1 aromatic carbocycles. The summed E-state index contributed by atoms with van der Waals surface area (Å²) in [6.07, 6.45) is 3.71. The summed E-state index contributed by atoms with van der Waals surface area (Å²) in [6, 6.07) is 4.76. The fourth-order valence-electron chi connectivity index (χ4n) is 2.86. The van der Waals surface area contributed by atoms with E-state index in [1.165, 1.54) is 25.1 Å². The van der Waals surface area contributed by atoms with Crippen LogP contribution >= 0.6 is 11.6 Å². The van der Waals surface area contributed by atoms with E-state index in [1.807, 2.05) is 0 Å². The Morgan fingerprint density at radius 2 is 2.16 bits per heavy atom. The van der Waals surface area contributed by atoms with Crippen molar-refractivity contribution in [2.24, 2.45) is 5.92 Å². The molecule has 1 aliphatic heterocycles. The summed E-state index contributed by atoms with van der Waals surface area (Å²) in [5.74, 6) is 0.492. The highest BCUT2D eigenvalue weighted by Crippen LogP contribution is 2.40. The summed E-state index contributed by atoms with van der Waals surface area (Å²) in [5, 5.41) is 9.58. The van der Waals surface area contributed by atoms with Crippen molar-refractivity contribution in [3.8, 4) is 22.8 Å². The van der Waals surface area contributed by atoms with E-state index in [4.69, 9.17) is 26.2 Å². The first-order valence-electron chi connectivity index (χ1n) is 8.10. The Balaban J connectivity index is 1.78. The number of carboxylic acids is 1. The molecule has 25 heavy (non-hydrogen) atoms. The van der Waals surface area contributed by atoms with Crippen LogP contribution in [0.4, 0.5) is 0 Å². The van der Waals surface area contributed by atoms with Crippen LogP contribution in [0.2, 0.25) is 5.02 Å². The van der Waals surface area contributed by atoms with Gasteiger partial charge in [-0.2, -0.15) is 0 Å².